The molecular formula is C21H21BrN2O3. The summed E-state index contributed by atoms with van der Waals surface area (Å²) in [6.07, 6.45) is 3.06. The van der Waals surface area contributed by atoms with Crippen molar-refractivity contribution in [2.45, 2.75) is 18.4 Å². The van der Waals surface area contributed by atoms with E-state index in [-0.39, 0.29) is 11.6 Å². The predicted molar refractivity (Wildman–Crippen MR) is 107 cm³/mol. The molecule has 1 aliphatic heterocycles. The van der Waals surface area contributed by atoms with Gasteiger partial charge in [-0.05, 0) is 42.2 Å². The molecule has 1 saturated heterocycles. The largest absolute Gasteiger partial charge is 0.385 e. The minimum absolute atomic E-state index is 0.227. The lowest BCUT2D eigenvalue weighted by Crippen LogP contribution is -2.46. The number of carbonyl (C=O) groups is 2. The molecule has 0 spiro atoms. The van der Waals surface area contributed by atoms with Crippen molar-refractivity contribution in [3.63, 3.8) is 0 Å². The summed E-state index contributed by atoms with van der Waals surface area (Å²) in [5, 5.41) is 13.5. The zero-order valence-corrected chi connectivity index (χ0v) is 16.4. The van der Waals surface area contributed by atoms with Crippen LogP contribution in [-0.4, -0.2) is 35.4 Å². The van der Waals surface area contributed by atoms with Crippen molar-refractivity contribution in [2.24, 2.45) is 0 Å². The van der Waals surface area contributed by atoms with Gasteiger partial charge in [0.15, 0.2) is 0 Å². The summed E-state index contributed by atoms with van der Waals surface area (Å²) in [5.74, 6) is -0.246. The molecule has 2 aromatic rings. The molecule has 0 unspecified atom stereocenters. The standard InChI is InChI=1S/C21H21BrN2O3/c22-18-8-6-17(7-9-18)21(27)10-12-24(13-11-21)20(26)19(23-15-25)14-16-4-2-1-3-5-16/h1-9,14-15,27H,10-13H2,(H,23,25)/b19-14-. The highest BCUT2D eigenvalue weighted by molar-refractivity contribution is 9.10. The van der Waals surface area contributed by atoms with Crippen LogP contribution >= 0.6 is 15.9 Å². The van der Waals surface area contributed by atoms with Gasteiger partial charge < -0.3 is 15.3 Å². The number of carbonyl (C=O) groups excluding carboxylic acids is 2. The maximum atomic E-state index is 12.8. The first-order valence-corrected chi connectivity index (χ1v) is 9.56. The molecule has 6 heteroatoms. The molecule has 1 aliphatic rings. The van der Waals surface area contributed by atoms with E-state index in [1.807, 2.05) is 54.6 Å². The van der Waals surface area contributed by atoms with E-state index in [2.05, 4.69) is 21.2 Å². The molecule has 2 N–H and O–H groups in total. The van der Waals surface area contributed by atoms with Gasteiger partial charge in [0.05, 0.1) is 5.60 Å². The van der Waals surface area contributed by atoms with E-state index in [1.54, 1.807) is 11.0 Å². The molecule has 1 heterocycles. The summed E-state index contributed by atoms with van der Waals surface area (Å²) in [6, 6.07) is 17.0. The summed E-state index contributed by atoms with van der Waals surface area (Å²) < 4.78 is 0.957. The van der Waals surface area contributed by atoms with Crippen molar-refractivity contribution >= 4 is 34.3 Å². The van der Waals surface area contributed by atoms with Crippen LogP contribution in [0.4, 0.5) is 0 Å². The monoisotopic (exact) mass is 428 g/mol. The number of amides is 2. The van der Waals surface area contributed by atoms with Crippen LogP contribution in [0.3, 0.4) is 0 Å². The Morgan fingerprint density at radius 2 is 1.70 bits per heavy atom. The fourth-order valence-electron chi connectivity index (χ4n) is 3.24. The average Bonchev–Trinajstić information content (AvgIpc) is 2.69. The van der Waals surface area contributed by atoms with Crippen LogP contribution in [0.1, 0.15) is 24.0 Å². The smallest absolute Gasteiger partial charge is 0.270 e. The molecule has 3 rings (SSSR count). The Bertz CT molecular complexity index is 826. The van der Waals surface area contributed by atoms with Crippen molar-refractivity contribution in [2.75, 3.05) is 13.1 Å². The number of aliphatic hydroxyl groups is 1. The lowest BCUT2D eigenvalue weighted by atomic mass is 9.84. The van der Waals surface area contributed by atoms with E-state index in [9.17, 15) is 14.7 Å². The van der Waals surface area contributed by atoms with Crippen molar-refractivity contribution in [1.82, 2.24) is 10.2 Å². The van der Waals surface area contributed by atoms with Crippen LogP contribution < -0.4 is 5.32 Å². The normalized spacial score (nSPS) is 16.7. The zero-order chi connectivity index (χ0) is 19.3. The van der Waals surface area contributed by atoms with Gasteiger partial charge in [-0.3, -0.25) is 9.59 Å². The molecule has 5 nitrogen and oxygen atoms in total. The molecule has 27 heavy (non-hydrogen) atoms. The molecule has 0 bridgehead atoms. The van der Waals surface area contributed by atoms with Crippen LogP contribution in [0.2, 0.25) is 0 Å². The van der Waals surface area contributed by atoms with E-state index in [0.717, 1.165) is 15.6 Å². The SMILES string of the molecule is O=CN/C(=C\c1ccccc1)C(=O)N1CCC(O)(c2ccc(Br)cc2)CC1. The van der Waals surface area contributed by atoms with Gasteiger partial charge in [-0.25, -0.2) is 0 Å². The second-order valence-corrected chi connectivity index (χ2v) is 7.48. The Morgan fingerprint density at radius 1 is 1.07 bits per heavy atom. The van der Waals surface area contributed by atoms with Crippen molar-refractivity contribution < 1.29 is 14.7 Å². The van der Waals surface area contributed by atoms with Gasteiger partial charge in [0, 0.05) is 17.6 Å². The first kappa shape index (κ1) is 19.3. The topological polar surface area (TPSA) is 69.6 Å². The summed E-state index contributed by atoms with van der Waals surface area (Å²) >= 11 is 3.40. The fourth-order valence-corrected chi connectivity index (χ4v) is 3.51. The molecule has 2 aromatic carbocycles. The van der Waals surface area contributed by atoms with E-state index < -0.39 is 5.60 Å². The zero-order valence-electron chi connectivity index (χ0n) is 14.8. The number of piperidine rings is 1. The molecule has 140 valence electrons. The quantitative estimate of drug-likeness (QED) is 0.567. The van der Waals surface area contributed by atoms with E-state index >= 15 is 0 Å². The van der Waals surface area contributed by atoms with Gasteiger partial charge in [-0.1, -0.05) is 58.4 Å². The maximum absolute atomic E-state index is 12.8. The van der Waals surface area contributed by atoms with Crippen molar-refractivity contribution in [3.8, 4) is 0 Å². The Labute approximate surface area is 166 Å². The Hall–Kier alpha value is -2.44. The molecular weight excluding hydrogens is 408 g/mol. The van der Waals surface area contributed by atoms with Crippen LogP contribution in [0.5, 0.6) is 0 Å². The number of likely N-dealkylation sites (tertiary alicyclic amines) is 1. The summed E-state index contributed by atoms with van der Waals surface area (Å²) in [4.78, 5) is 25.4. The third kappa shape index (κ3) is 4.64. The summed E-state index contributed by atoms with van der Waals surface area (Å²) in [6.45, 7) is 0.829. The van der Waals surface area contributed by atoms with Crippen molar-refractivity contribution in [1.29, 1.82) is 0 Å². The minimum atomic E-state index is -0.946. The third-order valence-corrected chi connectivity index (χ3v) is 5.34. The first-order chi connectivity index (χ1) is 13.0. The molecule has 0 aromatic heterocycles. The van der Waals surface area contributed by atoms with Crippen molar-refractivity contribution in [3.05, 3.63) is 75.9 Å². The number of benzene rings is 2. The molecule has 0 radical (unpaired) electrons. The molecule has 0 atom stereocenters. The minimum Gasteiger partial charge on any atom is -0.385 e. The van der Waals surface area contributed by atoms with Crippen LogP contribution in [0.15, 0.2) is 64.8 Å². The van der Waals surface area contributed by atoms with Gasteiger partial charge >= 0.3 is 0 Å². The van der Waals surface area contributed by atoms with E-state index in [0.29, 0.717) is 32.3 Å². The highest BCUT2D eigenvalue weighted by Gasteiger charge is 2.36. The second kappa shape index (κ2) is 8.50. The number of hydrogen-bond acceptors (Lipinski definition) is 3. The first-order valence-electron chi connectivity index (χ1n) is 8.76. The highest BCUT2D eigenvalue weighted by Crippen LogP contribution is 2.33. The lowest BCUT2D eigenvalue weighted by Gasteiger charge is -2.38. The molecule has 0 saturated carbocycles. The third-order valence-electron chi connectivity index (χ3n) is 4.81. The molecule has 1 fully saturated rings. The number of hydrogen-bond donors (Lipinski definition) is 2. The van der Waals surface area contributed by atoms with Gasteiger partial charge in [-0.15, -0.1) is 0 Å². The summed E-state index contributed by atoms with van der Waals surface area (Å²) in [7, 11) is 0. The van der Waals surface area contributed by atoms with Crippen LogP contribution in [-0.2, 0) is 15.2 Å². The molecule has 2 amide bonds. The van der Waals surface area contributed by atoms with Crippen LogP contribution in [0.25, 0.3) is 6.08 Å². The van der Waals surface area contributed by atoms with E-state index in [4.69, 9.17) is 0 Å². The van der Waals surface area contributed by atoms with Gasteiger partial charge in [-0.2, -0.15) is 0 Å². The Balaban J connectivity index is 1.72. The second-order valence-electron chi connectivity index (χ2n) is 6.56. The maximum Gasteiger partial charge on any atom is 0.270 e. The fraction of sp³-hybridized carbons (Fsp3) is 0.238. The van der Waals surface area contributed by atoms with Gasteiger partial charge in [0.1, 0.15) is 5.70 Å². The van der Waals surface area contributed by atoms with Gasteiger partial charge in [0.25, 0.3) is 5.91 Å². The number of nitrogens with one attached hydrogen (secondary N) is 1. The van der Waals surface area contributed by atoms with E-state index in [1.165, 1.54) is 0 Å². The lowest BCUT2D eigenvalue weighted by molar-refractivity contribution is -0.132. The summed E-state index contributed by atoms with van der Waals surface area (Å²) in [5.41, 5.74) is 0.964. The number of nitrogens with zero attached hydrogens (tertiary/aromatic N) is 1. The Morgan fingerprint density at radius 3 is 2.30 bits per heavy atom. The van der Waals surface area contributed by atoms with Gasteiger partial charge in [0.2, 0.25) is 6.41 Å². The number of halogens is 1. The number of rotatable bonds is 5. The highest BCUT2D eigenvalue weighted by atomic mass is 79.9. The average molecular weight is 429 g/mol. The Kier molecular flexibility index (Phi) is 6.08. The molecule has 0 aliphatic carbocycles. The van der Waals surface area contributed by atoms with Crippen LogP contribution in [0, 0.1) is 0 Å². The predicted octanol–water partition coefficient (Wildman–Crippen LogP) is 3.05.